The first-order valence-electron chi connectivity index (χ1n) is 12.1. The van der Waals surface area contributed by atoms with Crippen molar-refractivity contribution < 1.29 is 0 Å². The van der Waals surface area contributed by atoms with Gasteiger partial charge in [-0.15, -0.1) is 0 Å². The maximum Gasteiger partial charge on any atom is 0.162 e. The van der Waals surface area contributed by atoms with E-state index in [9.17, 15) is 0 Å². The SMILES string of the molecule is CCC(C)(C)C.CS.NC1CCCCN1c1cc(C2CC2)nc(-c2ccnc3[nH]ccc23)n1. The Morgan fingerprint density at radius 3 is 2.48 bits per heavy atom. The van der Waals surface area contributed by atoms with E-state index in [-0.39, 0.29) is 6.17 Å². The molecule has 3 N–H and O–H groups in total. The van der Waals surface area contributed by atoms with Gasteiger partial charge in [0, 0.05) is 47.6 Å². The fourth-order valence-corrected chi connectivity index (χ4v) is 3.71. The van der Waals surface area contributed by atoms with E-state index in [2.05, 4.69) is 61.3 Å². The molecule has 3 aromatic heterocycles. The molecule has 1 atom stereocenters. The van der Waals surface area contributed by atoms with E-state index in [1.165, 1.54) is 32.1 Å². The molecule has 0 spiro atoms. The predicted molar refractivity (Wildman–Crippen MR) is 143 cm³/mol. The lowest BCUT2D eigenvalue weighted by Gasteiger charge is -2.34. The maximum absolute atomic E-state index is 6.37. The van der Waals surface area contributed by atoms with Crippen LogP contribution in [0.25, 0.3) is 22.4 Å². The second-order valence-electron chi connectivity index (χ2n) is 10.0. The van der Waals surface area contributed by atoms with Gasteiger partial charge in [-0.3, -0.25) is 0 Å². The summed E-state index contributed by atoms with van der Waals surface area (Å²) < 4.78 is 0. The molecule has 1 saturated carbocycles. The fraction of sp³-hybridized carbons (Fsp3) is 0.577. The third kappa shape index (κ3) is 6.70. The van der Waals surface area contributed by atoms with Gasteiger partial charge in [-0.1, -0.05) is 34.1 Å². The van der Waals surface area contributed by atoms with Crippen molar-refractivity contribution in [1.29, 1.82) is 0 Å². The van der Waals surface area contributed by atoms with E-state index in [0.717, 1.165) is 46.9 Å². The van der Waals surface area contributed by atoms with Crippen molar-refractivity contribution in [2.24, 2.45) is 11.1 Å². The topological polar surface area (TPSA) is 83.7 Å². The molecular formula is C26H40N6S. The molecule has 1 unspecified atom stereocenters. The Kier molecular flexibility index (Phi) is 8.76. The zero-order valence-corrected chi connectivity index (χ0v) is 21.7. The Balaban J connectivity index is 0.000000336. The molecule has 6 nitrogen and oxygen atoms in total. The molecule has 33 heavy (non-hydrogen) atoms. The second-order valence-corrected chi connectivity index (χ2v) is 10.0. The summed E-state index contributed by atoms with van der Waals surface area (Å²) in [6.07, 6.45) is 12.6. The van der Waals surface area contributed by atoms with Crippen LogP contribution in [0.3, 0.4) is 0 Å². The number of anilines is 1. The molecule has 0 bridgehead atoms. The molecule has 0 radical (unpaired) electrons. The largest absolute Gasteiger partial charge is 0.346 e. The first kappa shape index (κ1) is 25.5. The maximum atomic E-state index is 6.37. The van der Waals surface area contributed by atoms with Crippen LogP contribution in [-0.4, -0.2) is 38.9 Å². The molecule has 1 aliphatic heterocycles. The minimum Gasteiger partial charge on any atom is -0.346 e. The highest BCUT2D eigenvalue weighted by Gasteiger charge is 2.29. The van der Waals surface area contributed by atoms with Crippen LogP contribution in [0.2, 0.25) is 0 Å². The van der Waals surface area contributed by atoms with Crippen LogP contribution in [0.15, 0.2) is 30.6 Å². The van der Waals surface area contributed by atoms with Gasteiger partial charge in [-0.25, -0.2) is 15.0 Å². The average molecular weight is 469 g/mol. The number of hydrogen-bond donors (Lipinski definition) is 3. The number of rotatable bonds is 3. The van der Waals surface area contributed by atoms with Gasteiger partial charge >= 0.3 is 0 Å². The lowest BCUT2D eigenvalue weighted by atomic mass is 9.94. The second kappa shape index (κ2) is 11.3. The summed E-state index contributed by atoms with van der Waals surface area (Å²) in [6.45, 7) is 9.91. The van der Waals surface area contributed by atoms with Crippen molar-refractivity contribution >= 4 is 29.5 Å². The number of aromatic nitrogens is 4. The summed E-state index contributed by atoms with van der Waals surface area (Å²) in [5, 5.41) is 1.06. The number of nitrogens with one attached hydrogen (secondary N) is 1. The van der Waals surface area contributed by atoms with Crippen LogP contribution in [0.5, 0.6) is 0 Å². The van der Waals surface area contributed by atoms with Crippen molar-refractivity contribution in [3.63, 3.8) is 0 Å². The minimum absolute atomic E-state index is 0.0493. The van der Waals surface area contributed by atoms with Crippen molar-refractivity contribution in [2.75, 3.05) is 17.7 Å². The van der Waals surface area contributed by atoms with Crippen molar-refractivity contribution in [3.8, 4) is 11.4 Å². The summed E-state index contributed by atoms with van der Waals surface area (Å²) in [7, 11) is 0. The van der Waals surface area contributed by atoms with E-state index in [1.54, 1.807) is 6.26 Å². The Morgan fingerprint density at radius 2 is 1.85 bits per heavy atom. The summed E-state index contributed by atoms with van der Waals surface area (Å²) in [6, 6.07) is 6.20. The summed E-state index contributed by atoms with van der Waals surface area (Å²) in [5.74, 6) is 2.33. The number of piperidine rings is 1. The number of aromatic amines is 1. The van der Waals surface area contributed by atoms with E-state index >= 15 is 0 Å². The van der Waals surface area contributed by atoms with E-state index < -0.39 is 0 Å². The molecule has 3 aromatic rings. The first-order valence-corrected chi connectivity index (χ1v) is 13.0. The molecule has 0 amide bonds. The summed E-state index contributed by atoms with van der Waals surface area (Å²) in [5.41, 5.74) is 9.96. The number of nitrogens with zero attached hydrogens (tertiary/aromatic N) is 4. The van der Waals surface area contributed by atoms with E-state index in [1.807, 2.05) is 24.5 Å². The number of H-pyrrole nitrogens is 1. The van der Waals surface area contributed by atoms with Crippen LogP contribution in [-0.2, 0) is 0 Å². The first-order chi connectivity index (χ1) is 15.9. The molecule has 0 aromatic carbocycles. The van der Waals surface area contributed by atoms with Crippen LogP contribution >= 0.6 is 12.6 Å². The highest BCUT2D eigenvalue weighted by Crippen LogP contribution is 2.41. The standard InChI is InChI=1S/C19H22N6.C6H14.CH4S/c20-16-3-1-2-10-25(16)17-11-15(12-4-5-12)23-19(24-17)14-7-9-22-18-13(14)6-8-21-18;1-5-6(2,3)4;1-2/h6-9,11-12,16H,1-5,10,20H2,(H,21,22);5H2,1-4H3;2H,1H3. The van der Waals surface area contributed by atoms with E-state index in [4.69, 9.17) is 15.7 Å². The Morgan fingerprint density at radius 1 is 1.12 bits per heavy atom. The zero-order chi connectivity index (χ0) is 24.0. The van der Waals surface area contributed by atoms with Gasteiger partial charge in [0.25, 0.3) is 0 Å². The zero-order valence-electron chi connectivity index (χ0n) is 20.8. The van der Waals surface area contributed by atoms with Gasteiger partial charge < -0.3 is 15.6 Å². The highest BCUT2D eigenvalue weighted by atomic mass is 32.1. The van der Waals surface area contributed by atoms with Crippen molar-refractivity contribution in [3.05, 3.63) is 36.3 Å². The van der Waals surface area contributed by atoms with Gasteiger partial charge in [-0.2, -0.15) is 12.6 Å². The summed E-state index contributed by atoms with van der Waals surface area (Å²) >= 11 is 3.53. The molecule has 1 aliphatic carbocycles. The van der Waals surface area contributed by atoms with Gasteiger partial charge in [-0.05, 0) is 55.9 Å². The molecule has 7 heteroatoms. The highest BCUT2D eigenvalue weighted by molar-refractivity contribution is 7.79. The normalized spacial score (nSPS) is 18.3. The fourth-order valence-electron chi connectivity index (χ4n) is 3.71. The van der Waals surface area contributed by atoms with Crippen LogP contribution < -0.4 is 10.6 Å². The summed E-state index contributed by atoms with van der Waals surface area (Å²) in [4.78, 5) is 19.6. The van der Waals surface area contributed by atoms with Gasteiger partial charge in [0.05, 0.1) is 6.17 Å². The van der Waals surface area contributed by atoms with Gasteiger partial charge in [0.2, 0.25) is 0 Å². The van der Waals surface area contributed by atoms with E-state index in [0.29, 0.717) is 11.3 Å². The van der Waals surface area contributed by atoms with Crippen molar-refractivity contribution in [2.45, 2.75) is 78.3 Å². The van der Waals surface area contributed by atoms with Crippen LogP contribution in [0, 0.1) is 5.41 Å². The molecular weight excluding hydrogens is 428 g/mol. The lowest BCUT2D eigenvalue weighted by Crippen LogP contribution is -2.46. The Labute approximate surface area is 204 Å². The number of hydrogen-bond acceptors (Lipinski definition) is 6. The number of pyridine rings is 1. The number of nitrogens with two attached hydrogens (primary N) is 1. The number of fused-ring (bicyclic) bond motifs is 1. The molecule has 5 rings (SSSR count). The van der Waals surface area contributed by atoms with Gasteiger partial charge in [0.15, 0.2) is 5.82 Å². The average Bonchev–Trinajstić information content (AvgIpc) is 3.57. The Hall–Kier alpha value is -2.12. The molecule has 2 fully saturated rings. The van der Waals surface area contributed by atoms with Gasteiger partial charge in [0.1, 0.15) is 11.5 Å². The number of thiol groups is 1. The van der Waals surface area contributed by atoms with Crippen molar-refractivity contribution in [1.82, 2.24) is 19.9 Å². The third-order valence-electron chi connectivity index (χ3n) is 6.33. The molecule has 2 aliphatic rings. The minimum atomic E-state index is 0.0493. The predicted octanol–water partition coefficient (Wildman–Crippen LogP) is 6.16. The Bertz CT molecular complexity index is 1020. The molecule has 180 valence electrons. The lowest BCUT2D eigenvalue weighted by molar-refractivity contribution is 0.398. The molecule has 1 saturated heterocycles. The smallest absolute Gasteiger partial charge is 0.162 e. The van der Waals surface area contributed by atoms with Crippen LogP contribution in [0.4, 0.5) is 5.82 Å². The monoisotopic (exact) mass is 468 g/mol. The quantitative estimate of drug-likeness (QED) is 0.401. The third-order valence-corrected chi connectivity index (χ3v) is 6.33. The molecule has 4 heterocycles. The van der Waals surface area contributed by atoms with Crippen LogP contribution in [0.1, 0.15) is 77.8 Å².